The third-order valence-corrected chi connectivity index (χ3v) is 5.99. The van der Waals surface area contributed by atoms with E-state index in [1.807, 2.05) is 12.1 Å². The number of rotatable bonds is 4. The number of fused-ring (bicyclic) bond motifs is 1. The van der Waals surface area contributed by atoms with Gasteiger partial charge in [0, 0.05) is 52.6 Å². The van der Waals surface area contributed by atoms with Crippen molar-refractivity contribution in [3.8, 4) is 0 Å². The first kappa shape index (κ1) is 24.8. The minimum absolute atomic E-state index is 0. The average molecular weight is 476 g/mol. The molecule has 0 saturated carbocycles. The highest BCUT2D eigenvalue weighted by molar-refractivity contribution is 6.29. The summed E-state index contributed by atoms with van der Waals surface area (Å²) >= 11 is 5.88. The fourth-order valence-corrected chi connectivity index (χ4v) is 4.73. The van der Waals surface area contributed by atoms with Gasteiger partial charge in [0.15, 0.2) is 0 Å². The maximum atomic E-state index is 13.7. The SMILES string of the molecule is CN(Cc1cc(F)nc(Cl)c1)C(=O)C1(N2CCNCC2)Cc2ccccc2C1.Cl.Cl. The normalized spacial score (nSPS) is 17.4. The Bertz CT molecular complexity index is 847. The zero-order chi connectivity index (χ0) is 19.7. The van der Waals surface area contributed by atoms with Crippen LogP contribution in [0.15, 0.2) is 36.4 Å². The predicted octanol–water partition coefficient (Wildman–Crippen LogP) is 3.12. The first-order chi connectivity index (χ1) is 13.5. The highest BCUT2D eigenvalue weighted by Crippen LogP contribution is 2.36. The monoisotopic (exact) mass is 474 g/mol. The molecule has 0 radical (unpaired) electrons. The van der Waals surface area contributed by atoms with E-state index in [1.165, 1.54) is 17.2 Å². The van der Waals surface area contributed by atoms with Crippen molar-refractivity contribution in [2.45, 2.75) is 24.9 Å². The molecule has 2 heterocycles. The van der Waals surface area contributed by atoms with Gasteiger partial charge in [-0.2, -0.15) is 4.39 Å². The van der Waals surface area contributed by atoms with E-state index in [2.05, 4.69) is 27.3 Å². The van der Waals surface area contributed by atoms with Crippen LogP contribution in [0.4, 0.5) is 4.39 Å². The van der Waals surface area contributed by atoms with E-state index in [0.29, 0.717) is 24.9 Å². The van der Waals surface area contributed by atoms with E-state index in [-0.39, 0.29) is 35.9 Å². The number of pyridine rings is 1. The predicted molar refractivity (Wildman–Crippen MR) is 121 cm³/mol. The van der Waals surface area contributed by atoms with Crippen molar-refractivity contribution in [3.05, 3.63) is 64.2 Å². The topological polar surface area (TPSA) is 48.5 Å². The molecule has 1 amide bonds. The molecule has 1 aliphatic carbocycles. The van der Waals surface area contributed by atoms with Gasteiger partial charge >= 0.3 is 0 Å². The molecule has 0 unspecified atom stereocenters. The number of hydrogen-bond acceptors (Lipinski definition) is 4. The number of carbonyl (C=O) groups excluding carboxylic acids is 1. The molecular weight excluding hydrogens is 450 g/mol. The Morgan fingerprint density at radius 3 is 2.37 bits per heavy atom. The molecule has 1 aliphatic heterocycles. The van der Waals surface area contributed by atoms with Crippen LogP contribution in [0.5, 0.6) is 0 Å². The first-order valence-electron chi connectivity index (χ1n) is 9.58. The third kappa shape index (κ3) is 4.89. The molecule has 1 N–H and O–H groups in total. The second kappa shape index (κ2) is 10.2. The van der Waals surface area contributed by atoms with Gasteiger partial charge in [-0.1, -0.05) is 35.9 Å². The summed E-state index contributed by atoms with van der Waals surface area (Å²) in [5, 5.41) is 3.47. The molecule has 0 atom stereocenters. The number of nitrogens with zero attached hydrogens (tertiary/aromatic N) is 3. The first-order valence-corrected chi connectivity index (χ1v) is 9.96. The van der Waals surface area contributed by atoms with E-state index < -0.39 is 11.5 Å². The molecule has 2 aromatic rings. The van der Waals surface area contributed by atoms with Gasteiger partial charge in [0.05, 0.1) is 0 Å². The van der Waals surface area contributed by atoms with Crippen LogP contribution in [0.1, 0.15) is 16.7 Å². The number of piperazine rings is 1. The van der Waals surface area contributed by atoms with Crippen molar-refractivity contribution in [2.75, 3.05) is 33.2 Å². The van der Waals surface area contributed by atoms with E-state index in [1.54, 1.807) is 18.0 Å². The van der Waals surface area contributed by atoms with Gasteiger partial charge in [-0.05, 0) is 28.8 Å². The van der Waals surface area contributed by atoms with Crippen molar-refractivity contribution in [1.82, 2.24) is 20.1 Å². The molecule has 4 rings (SSSR count). The van der Waals surface area contributed by atoms with Crippen LogP contribution in [0.3, 0.4) is 0 Å². The molecule has 1 aromatic carbocycles. The van der Waals surface area contributed by atoms with Crippen LogP contribution < -0.4 is 5.32 Å². The fraction of sp³-hybridized carbons (Fsp3) is 0.429. The highest BCUT2D eigenvalue weighted by Gasteiger charge is 2.49. The molecule has 1 fully saturated rings. The Hall–Kier alpha value is -1.44. The lowest BCUT2D eigenvalue weighted by Gasteiger charge is -2.44. The van der Waals surface area contributed by atoms with Gasteiger partial charge in [0.2, 0.25) is 11.9 Å². The summed E-state index contributed by atoms with van der Waals surface area (Å²) in [7, 11) is 1.78. The lowest BCUT2D eigenvalue weighted by Crippen LogP contribution is -2.63. The molecular formula is C21H26Cl3FN4O. The van der Waals surface area contributed by atoms with Crippen LogP contribution in [-0.4, -0.2) is 59.5 Å². The van der Waals surface area contributed by atoms with Crippen LogP contribution >= 0.6 is 36.4 Å². The Morgan fingerprint density at radius 1 is 1.20 bits per heavy atom. The minimum atomic E-state index is -0.631. The zero-order valence-corrected chi connectivity index (χ0v) is 19.1. The molecule has 0 bridgehead atoms. The van der Waals surface area contributed by atoms with E-state index in [9.17, 15) is 9.18 Å². The molecule has 164 valence electrons. The van der Waals surface area contributed by atoms with Gasteiger partial charge in [-0.25, -0.2) is 4.98 Å². The smallest absolute Gasteiger partial charge is 0.243 e. The Labute approximate surface area is 193 Å². The minimum Gasteiger partial charge on any atom is -0.340 e. The number of nitrogens with one attached hydrogen (secondary N) is 1. The number of carbonyl (C=O) groups is 1. The molecule has 9 heteroatoms. The van der Waals surface area contributed by atoms with Crippen LogP contribution in [0.25, 0.3) is 0 Å². The Balaban J connectivity index is 0.00000160. The maximum Gasteiger partial charge on any atom is 0.243 e. The standard InChI is InChI=1S/C21H24ClFN4O.2ClH/c1-26(14-15-10-18(22)25-19(23)11-15)20(28)21(27-8-6-24-7-9-27)12-16-4-2-3-5-17(16)13-21;;/h2-5,10-11,24H,6-9,12-14H2,1H3;2*1H. The summed E-state index contributed by atoms with van der Waals surface area (Å²) in [6.45, 7) is 3.72. The van der Waals surface area contributed by atoms with Gasteiger partial charge in [0.1, 0.15) is 10.7 Å². The number of likely N-dealkylation sites (N-methyl/N-ethyl adjacent to an activating group) is 1. The fourth-order valence-electron chi connectivity index (χ4n) is 4.50. The largest absolute Gasteiger partial charge is 0.340 e. The molecule has 1 saturated heterocycles. The summed E-state index contributed by atoms with van der Waals surface area (Å²) < 4.78 is 13.6. The van der Waals surface area contributed by atoms with Crippen molar-refractivity contribution in [1.29, 1.82) is 0 Å². The zero-order valence-electron chi connectivity index (χ0n) is 16.7. The Kier molecular flexibility index (Phi) is 8.48. The molecule has 2 aliphatic rings. The number of aromatic nitrogens is 1. The lowest BCUT2D eigenvalue weighted by molar-refractivity contribution is -0.144. The summed E-state index contributed by atoms with van der Waals surface area (Å²) in [6.07, 6.45) is 1.41. The van der Waals surface area contributed by atoms with Crippen LogP contribution in [0.2, 0.25) is 5.15 Å². The van der Waals surface area contributed by atoms with E-state index >= 15 is 0 Å². The summed E-state index contributed by atoms with van der Waals surface area (Å²) in [5.41, 5.74) is 2.52. The van der Waals surface area contributed by atoms with Crippen molar-refractivity contribution >= 4 is 42.3 Å². The molecule has 1 aromatic heterocycles. The molecule has 0 spiro atoms. The second-order valence-electron chi connectivity index (χ2n) is 7.67. The number of benzene rings is 1. The van der Waals surface area contributed by atoms with Crippen molar-refractivity contribution in [2.24, 2.45) is 0 Å². The maximum absolute atomic E-state index is 13.7. The number of halogens is 4. The van der Waals surface area contributed by atoms with Crippen LogP contribution in [-0.2, 0) is 24.2 Å². The second-order valence-corrected chi connectivity index (χ2v) is 8.06. The molecule has 30 heavy (non-hydrogen) atoms. The van der Waals surface area contributed by atoms with Crippen LogP contribution in [0, 0.1) is 5.95 Å². The van der Waals surface area contributed by atoms with E-state index in [4.69, 9.17) is 11.6 Å². The third-order valence-electron chi connectivity index (χ3n) is 5.79. The van der Waals surface area contributed by atoms with E-state index in [0.717, 1.165) is 26.2 Å². The van der Waals surface area contributed by atoms with Crippen molar-refractivity contribution < 1.29 is 9.18 Å². The summed E-state index contributed by atoms with van der Waals surface area (Å²) in [5.74, 6) is -0.563. The van der Waals surface area contributed by atoms with Gasteiger partial charge in [-0.3, -0.25) is 9.69 Å². The highest BCUT2D eigenvalue weighted by atomic mass is 35.5. The molecule has 5 nitrogen and oxygen atoms in total. The van der Waals surface area contributed by atoms with Crippen molar-refractivity contribution in [3.63, 3.8) is 0 Å². The lowest BCUT2D eigenvalue weighted by atomic mass is 9.90. The average Bonchev–Trinajstić information content (AvgIpc) is 3.08. The summed E-state index contributed by atoms with van der Waals surface area (Å²) in [6, 6.07) is 11.2. The van der Waals surface area contributed by atoms with Gasteiger partial charge in [0.25, 0.3) is 0 Å². The van der Waals surface area contributed by atoms with Gasteiger partial charge in [-0.15, -0.1) is 24.8 Å². The number of amides is 1. The number of hydrogen-bond donors (Lipinski definition) is 1. The summed E-state index contributed by atoms with van der Waals surface area (Å²) in [4.78, 5) is 21.3. The quantitative estimate of drug-likeness (QED) is 0.690. The van der Waals surface area contributed by atoms with Gasteiger partial charge < -0.3 is 10.2 Å². The Morgan fingerprint density at radius 2 is 1.80 bits per heavy atom.